The number of anilines is 1. The van der Waals surface area contributed by atoms with Crippen LogP contribution in [0.5, 0.6) is 5.75 Å². The minimum absolute atomic E-state index is 0.136. The van der Waals surface area contributed by atoms with Crippen LogP contribution in [-0.4, -0.2) is 35.1 Å². The van der Waals surface area contributed by atoms with E-state index in [-0.39, 0.29) is 5.91 Å². The number of nitrogens with one attached hydrogen (secondary N) is 2. The summed E-state index contributed by atoms with van der Waals surface area (Å²) < 4.78 is 5.62. The molecule has 0 radical (unpaired) electrons. The van der Waals surface area contributed by atoms with Gasteiger partial charge < -0.3 is 15.4 Å². The van der Waals surface area contributed by atoms with Crippen molar-refractivity contribution < 1.29 is 9.53 Å². The standard InChI is InChI=1S/C15H15ClN4O2/c16-11-2-3-12-10(8-11)9-13(22-12)14(21)17-6-7-20-15-18-4-1-5-19-15/h1-5,8,13H,6-7,9H2,(H,17,21)(H,18,19,20)/t13-/m0/s1. The maximum absolute atomic E-state index is 12.1. The average Bonchev–Trinajstić information content (AvgIpc) is 2.95. The first kappa shape index (κ1) is 14.6. The van der Waals surface area contributed by atoms with E-state index in [4.69, 9.17) is 16.3 Å². The molecule has 1 aliphatic heterocycles. The zero-order valence-corrected chi connectivity index (χ0v) is 12.5. The van der Waals surface area contributed by atoms with Gasteiger partial charge >= 0.3 is 0 Å². The molecule has 2 N–H and O–H groups in total. The van der Waals surface area contributed by atoms with Crippen molar-refractivity contribution in [3.05, 3.63) is 47.2 Å². The second-order valence-corrected chi connectivity index (χ2v) is 5.29. The molecule has 1 aliphatic rings. The lowest BCUT2D eigenvalue weighted by atomic mass is 10.1. The van der Waals surface area contributed by atoms with Gasteiger partial charge in [0.2, 0.25) is 5.95 Å². The van der Waals surface area contributed by atoms with Crippen molar-refractivity contribution in [2.45, 2.75) is 12.5 Å². The van der Waals surface area contributed by atoms with Gasteiger partial charge in [-0.2, -0.15) is 0 Å². The number of hydrogen-bond donors (Lipinski definition) is 2. The molecule has 2 aromatic rings. The fourth-order valence-corrected chi connectivity index (χ4v) is 2.42. The Kier molecular flexibility index (Phi) is 4.39. The van der Waals surface area contributed by atoms with Gasteiger partial charge in [0, 0.05) is 36.9 Å². The summed E-state index contributed by atoms with van der Waals surface area (Å²) in [6, 6.07) is 7.12. The van der Waals surface area contributed by atoms with Crippen LogP contribution in [0.1, 0.15) is 5.56 Å². The number of amides is 1. The van der Waals surface area contributed by atoms with Crippen molar-refractivity contribution in [1.82, 2.24) is 15.3 Å². The number of carbonyl (C=O) groups excluding carboxylic acids is 1. The first-order valence-corrected chi connectivity index (χ1v) is 7.34. The van der Waals surface area contributed by atoms with Crippen molar-refractivity contribution in [2.24, 2.45) is 0 Å². The Morgan fingerprint density at radius 2 is 2.14 bits per heavy atom. The monoisotopic (exact) mass is 318 g/mol. The number of benzene rings is 1. The first-order valence-electron chi connectivity index (χ1n) is 6.96. The normalized spacial score (nSPS) is 15.8. The fraction of sp³-hybridized carbons (Fsp3) is 0.267. The molecule has 0 saturated carbocycles. The predicted octanol–water partition coefficient (Wildman–Crippen LogP) is 1.66. The fourth-order valence-electron chi connectivity index (χ4n) is 2.23. The highest BCUT2D eigenvalue weighted by atomic mass is 35.5. The van der Waals surface area contributed by atoms with E-state index < -0.39 is 6.10 Å². The minimum atomic E-state index is -0.499. The SMILES string of the molecule is O=C(NCCNc1ncccn1)[C@@H]1Cc2cc(Cl)ccc2O1. The summed E-state index contributed by atoms with van der Waals surface area (Å²) in [5.74, 6) is 1.12. The molecule has 3 rings (SSSR count). The molecule has 114 valence electrons. The highest BCUT2D eigenvalue weighted by molar-refractivity contribution is 6.30. The molecule has 1 aromatic carbocycles. The Labute approximate surface area is 132 Å². The third kappa shape index (κ3) is 3.46. The molecule has 0 aliphatic carbocycles. The molecule has 0 spiro atoms. The third-order valence-electron chi connectivity index (χ3n) is 3.26. The first-order chi connectivity index (χ1) is 10.7. The van der Waals surface area contributed by atoms with Gasteiger partial charge in [-0.25, -0.2) is 9.97 Å². The number of halogens is 1. The zero-order chi connectivity index (χ0) is 15.4. The summed E-state index contributed by atoms with van der Waals surface area (Å²) in [7, 11) is 0. The van der Waals surface area contributed by atoms with E-state index in [9.17, 15) is 4.79 Å². The van der Waals surface area contributed by atoms with Gasteiger partial charge in [0.05, 0.1) is 0 Å². The van der Waals surface area contributed by atoms with E-state index in [0.717, 1.165) is 11.3 Å². The molecule has 22 heavy (non-hydrogen) atoms. The quantitative estimate of drug-likeness (QED) is 0.820. The van der Waals surface area contributed by atoms with Crippen LogP contribution in [-0.2, 0) is 11.2 Å². The van der Waals surface area contributed by atoms with E-state index >= 15 is 0 Å². The zero-order valence-electron chi connectivity index (χ0n) is 11.8. The molecule has 0 unspecified atom stereocenters. The van der Waals surface area contributed by atoms with Gasteiger partial charge in [-0.1, -0.05) is 11.6 Å². The summed E-state index contributed by atoms with van der Waals surface area (Å²) in [4.78, 5) is 20.2. The predicted molar refractivity (Wildman–Crippen MR) is 83.1 cm³/mol. The van der Waals surface area contributed by atoms with E-state index in [1.165, 1.54) is 0 Å². The second kappa shape index (κ2) is 6.62. The summed E-state index contributed by atoms with van der Waals surface area (Å²) in [6.45, 7) is 1.01. The second-order valence-electron chi connectivity index (χ2n) is 4.85. The molecule has 0 bridgehead atoms. The molecule has 1 amide bonds. The van der Waals surface area contributed by atoms with Gasteiger partial charge in [0.15, 0.2) is 6.10 Å². The molecule has 6 nitrogen and oxygen atoms in total. The summed E-state index contributed by atoms with van der Waals surface area (Å²) in [5, 5.41) is 6.50. The van der Waals surface area contributed by atoms with E-state index in [2.05, 4.69) is 20.6 Å². The average molecular weight is 319 g/mol. The number of carbonyl (C=O) groups is 1. The molecule has 2 heterocycles. The maximum Gasteiger partial charge on any atom is 0.261 e. The van der Waals surface area contributed by atoms with Crippen molar-refractivity contribution in [3.63, 3.8) is 0 Å². The Hall–Kier alpha value is -2.34. The van der Waals surface area contributed by atoms with E-state index in [1.807, 2.05) is 6.07 Å². The highest BCUT2D eigenvalue weighted by Crippen LogP contribution is 2.30. The number of ether oxygens (including phenoxy) is 1. The van der Waals surface area contributed by atoms with Crippen LogP contribution in [0.15, 0.2) is 36.7 Å². The number of hydrogen-bond acceptors (Lipinski definition) is 5. The van der Waals surface area contributed by atoms with Crippen molar-refractivity contribution in [3.8, 4) is 5.75 Å². The molecule has 1 atom stereocenters. The van der Waals surface area contributed by atoms with Gasteiger partial charge in [-0.05, 0) is 29.8 Å². The highest BCUT2D eigenvalue weighted by Gasteiger charge is 2.28. The number of rotatable bonds is 5. The van der Waals surface area contributed by atoms with Gasteiger partial charge in [-0.3, -0.25) is 4.79 Å². The topological polar surface area (TPSA) is 76.1 Å². The molecular weight excluding hydrogens is 304 g/mol. The lowest BCUT2D eigenvalue weighted by Crippen LogP contribution is -2.39. The Balaban J connectivity index is 1.44. The van der Waals surface area contributed by atoms with Gasteiger partial charge in [0.25, 0.3) is 5.91 Å². The minimum Gasteiger partial charge on any atom is -0.480 e. The Morgan fingerprint density at radius 1 is 1.32 bits per heavy atom. The van der Waals surface area contributed by atoms with Crippen LogP contribution >= 0.6 is 11.6 Å². The van der Waals surface area contributed by atoms with Crippen molar-refractivity contribution >= 4 is 23.5 Å². The smallest absolute Gasteiger partial charge is 0.261 e. The molecule has 0 saturated heterocycles. The molecule has 7 heteroatoms. The largest absolute Gasteiger partial charge is 0.480 e. The van der Waals surface area contributed by atoms with E-state index in [1.54, 1.807) is 30.6 Å². The third-order valence-corrected chi connectivity index (χ3v) is 3.50. The Bertz CT molecular complexity index is 666. The maximum atomic E-state index is 12.1. The van der Waals surface area contributed by atoms with Crippen molar-refractivity contribution in [1.29, 1.82) is 0 Å². The summed E-state index contributed by atoms with van der Waals surface area (Å²) >= 11 is 5.94. The molecule has 0 fully saturated rings. The van der Waals surface area contributed by atoms with Gasteiger partial charge in [-0.15, -0.1) is 0 Å². The van der Waals surface area contributed by atoms with Gasteiger partial charge in [0.1, 0.15) is 5.75 Å². The van der Waals surface area contributed by atoms with Crippen LogP contribution < -0.4 is 15.4 Å². The van der Waals surface area contributed by atoms with Crippen LogP contribution in [0, 0.1) is 0 Å². The van der Waals surface area contributed by atoms with Crippen LogP contribution in [0.4, 0.5) is 5.95 Å². The summed E-state index contributed by atoms with van der Waals surface area (Å²) in [6.07, 6.45) is 3.35. The number of nitrogens with zero attached hydrogens (tertiary/aromatic N) is 2. The summed E-state index contributed by atoms with van der Waals surface area (Å²) in [5.41, 5.74) is 0.962. The number of aromatic nitrogens is 2. The van der Waals surface area contributed by atoms with Crippen LogP contribution in [0.2, 0.25) is 5.02 Å². The Morgan fingerprint density at radius 3 is 2.95 bits per heavy atom. The number of fused-ring (bicyclic) bond motifs is 1. The van der Waals surface area contributed by atoms with Crippen LogP contribution in [0.3, 0.4) is 0 Å². The lowest BCUT2D eigenvalue weighted by Gasteiger charge is -2.11. The molecule has 1 aromatic heterocycles. The van der Waals surface area contributed by atoms with Crippen LogP contribution in [0.25, 0.3) is 0 Å². The molecular formula is C15H15ClN4O2. The van der Waals surface area contributed by atoms with E-state index in [0.29, 0.717) is 30.5 Å². The lowest BCUT2D eigenvalue weighted by molar-refractivity contribution is -0.127. The van der Waals surface area contributed by atoms with Crippen molar-refractivity contribution in [2.75, 3.05) is 18.4 Å².